The fourth-order valence-corrected chi connectivity index (χ4v) is 12.0. The van der Waals surface area contributed by atoms with Crippen molar-refractivity contribution in [3.8, 4) is 0 Å². The van der Waals surface area contributed by atoms with Gasteiger partial charge in [0.25, 0.3) is 23.6 Å². The molecule has 0 bridgehead atoms. The number of amides is 6. The van der Waals surface area contributed by atoms with Crippen LogP contribution in [0.4, 0.5) is 0 Å². The van der Waals surface area contributed by atoms with Gasteiger partial charge in [0.15, 0.2) is 24.4 Å². The molecule has 0 fully saturated rings. The van der Waals surface area contributed by atoms with E-state index in [1.165, 1.54) is 0 Å². The average molecular weight is 2040 g/mol. The van der Waals surface area contributed by atoms with Crippen LogP contribution in [0, 0.1) is 39.9 Å². The van der Waals surface area contributed by atoms with E-state index in [1.54, 1.807) is 0 Å². The minimum atomic E-state index is -2.21. The molecule has 0 aromatic carbocycles. The predicted molar refractivity (Wildman–Crippen MR) is 421 cm³/mol. The zero-order valence-corrected chi connectivity index (χ0v) is 77.9. The number of carboxylic acid groups (broad SMARTS) is 3. The molecular weight excluding hydrogens is 1920 g/mol. The van der Waals surface area contributed by atoms with E-state index in [-0.39, 0.29) is 39.9 Å². The van der Waals surface area contributed by atoms with E-state index in [9.17, 15) is 135 Å². The molecule has 54 heteroatoms. The second kappa shape index (κ2) is 65.5. The first-order chi connectivity index (χ1) is 61.1. The summed E-state index contributed by atoms with van der Waals surface area (Å²) in [7, 11) is 0. The van der Waals surface area contributed by atoms with Gasteiger partial charge in [0.05, 0.1) is 57.4 Å². The number of ether oxygens (including phenoxy) is 16. The molecule has 0 spiro atoms. The van der Waals surface area contributed by atoms with E-state index in [0.29, 0.717) is 0 Å². The Morgan fingerprint density at radius 1 is 0.227 bits per heavy atom. The van der Waals surface area contributed by atoms with Gasteiger partial charge in [0, 0.05) is 235 Å². The number of aliphatic carboxylic acids is 3. The van der Waals surface area contributed by atoms with Crippen molar-refractivity contribution in [1.29, 1.82) is 0 Å². The summed E-state index contributed by atoms with van der Waals surface area (Å²) in [4.78, 5) is 326. The van der Waals surface area contributed by atoms with Crippen LogP contribution in [-0.4, -0.2) is 384 Å². The Bertz CT molecular complexity index is 3540. The summed E-state index contributed by atoms with van der Waals surface area (Å²) in [6.07, 6.45) is -25.5. The van der Waals surface area contributed by atoms with Crippen LogP contribution >= 0.6 is 0 Å². The van der Waals surface area contributed by atoms with Crippen molar-refractivity contribution in [3.05, 3.63) is 0 Å². The number of rotatable bonds is 64. The summed E-state index contributed by atoms with van der Waals surface area (Å²) in [5.41, 5.74) is 0. The fraction of sp³-hybridized carbons (Fsp3) is 0.679. The molecule has 0 aromatic rings. The summed E-state index contributed by atoms with van der Waals surface area (Å²) < 4.78 is 83.4. The van der Waals surface area contributed by atoms with E-state index in [4.69, 9.17) is 75.8 Å². The molecule has 0 rings (SSSR count). The molecule has 0 unspecified atom stereocenters. The maximum atomic E-state index is 14.8. The number of carbonyl (C=O) groups excluding carboxylic acids is 25. The van der Waals surface area contributed by atoms with E-state index < -0.39 is 385 Å². The Balaban J connectivity index is 0. The van der Waals surface area contributed by atoms with E-state index >= 15 is 0 Å². The van der Waals surface area contributed by atoms with Crippen LogP contribution in [0.1, 0.15) is 136 Å². The number of nitrogens with one attached hydrogen (secondary N) is 4. The van der Waals surface area contributed by atoms with Crippen molar-refractivity contribution in [1.82, 2.24) is 45.8 Å². The van der Waals surface area contributed by atoms with Gasteiger partial charge in [-0.1, -0.05) is 0 Å². The van der Waals surface area contributed by atoms with Gasteiger partial charge in [-0.2, -0.15) is 0 Å². The number of esters is 16. The Hall–Kier alpha value is -12.0. The molecule has 0 aliphatic heterocycles. The van der Waals surface area contributed by atoms with Crippen molar-refractivity contribution in [2.24, 2.45) is 0 Å². The molecule has 12 atom stereocenters. The summed E-state index contributed by atoms with van der Waals surface area (Å²) in [5.74, 6) is -29.8. The van der Waals surface area contributed by atoms with Crippen molar-refractivity contribution in [2.75, 3.05) is 138 Å². The number of hydrogen-bond donors (Lipinski definition) is 4. The van der Waals surface area contributed by atoms with E-state index in [0.717, 1.165) is 135 Å². The molecule has 53 nitrogen and oxygen atoms in total. The summed E-state index contributed by atoms with van der Waals surface area (Å²) in [5, 5.41) is 47.0. The fourth-order valence-electron chi connectivity index (χ4n) is 12.0. The molecule has 6 amide bonds. The molecule has 4 N–H and O–H groups in total. The molecule has 0 heterocycles. The van der Waals surface area contributed by atoms with Crippen molar-refractivity contribution >= 4 is 149 Å². The molecule has 743 valence electrons. The van der Waals surface area contributed by atoms with Crippen LogP contribution in [0.5, 0.6) is 0 Å². The van der Waals surface area contributed by atoms with Gasteiger partial charge in [-0.05, 0) is 0 Å². The topological polar surface area (TPSA) is 708 Å². The minimum Gasteiger partial charge on any atom is -0.549 e. The molecule has 1 radical (unpaired) electrons. The molecule has 132 heavy (non-hydrogen) atoms. The van der Waals surface area contributed by atoms with Crippen LogP contribution in [0.2, 0.25) is 0 Å². The van der Waals surface area contributed by atoms with Crippen molar-refractivity contribution in [3.63, 3.8) is 0 Å². The van der Waals surface area contributed by atoms with Gasteiger partial charge >= 0.3 is 135 Å². The van der Waals surface area contributed by atoms with Gasteiger partial charge in [0.1, 0.15) is 24.4 Å². The van der Waals surface area contributed by atoms with Crippen LogP contribution in [0.3, 0.4) is 0 Å². The van der Waals surface area contributed by atoms with Gasteiger partial charge in [-0.3, -0.25) is 120 Å². The molecule has 0 aromatic heterocycles. The van der Waals surface area contributed by atoms with Gasteiger partial charge < -0.3 is 137 Å². The monoisotopic (exact) mass is 2040 g/mol. The average Bonchev–Trinajstić information content (AvgIpc) is 0.849. The third kappa shape index (κ3) is 55.9. The summed E-state index contributed by atoms with van der Waals surface area (Å²) >= 11 is 0. The first kappa shape index (κ1) is 122. The Kier molecular flexibility index (Phi) is 60.5. The Morgan fingerprint density at radius 2 is 0.402 bits per heavy atom. The Labute approximate surface area is 788 Å². The predicted octanol–water partition coefficient (Wildman–Crippen LogP) is -9.74. The number of carbonyl (C=O) groups is 25. The third-order valence-electron chi connectivity index (χ3n) is 16.8. The maximum Gasteiger partial charge on any atom is 3.00 e. The van der Waals surface area contributed by atoms with Crippen LogP contribution in [-0.2, 0) is 196 Å². The van der Waals surface area contributed by atoms with Crippen molar-refractivity contribution < 1.29 is 251 Å². The largest absolute Gasteiger partial charge is 3.00 e. The zero-order chi connectivity index (χ0) is 100. The Morgan fingerprint density at radius 3 is 0.568 bits per heavy atom. The number of carboxylic acids is 3. The summed E-state index contributed by atoms with van der Waals surface area (Å²) in [6.45, 7) is -1.43. The second-order valence-corrected chi connectivity index (χ2v) is 28.3. The van der Waals surface area contributed by atoms with Gasteiger partial charge in [-0.15, -0.1) is 0 Å². The molecule has 0 aliphatic rings. The standard InChI is InChI=1S/C78H117N9O44.Gd/c1-42(88)116-33-17-58(120-46(5)92)67(124-50(9)96)71(128-54(13)100)75(112)79-21-25-86(26-22-80-76(113)72(129-55(14)101)68(125-51(10)97)59(121-47(6)93)18-34-117-43(2)89)62(104)37-84(40-65(108)109)31-29-83(39-64(106)107)30-32-85(41-66(110)111)38-63(105)87(27-23-81-77(114)73(130-56(15)102)69(126-52(11)98)60(122-48(7)94)19-35-118-44(3)90)28-24-82-78(115)74(131-57(16)103)70(127-53(12)99)61(123-49(8)95)20-36-119-45(4)91;/h58-61,67-74H,17-41H2,1-16H3,(H,79,112)(H,80,113)(H,81,114)(H,82,115)(H,106,107)(H,108,109)(H,110,111);/q;+3/p-3/t58-,59-,60-,61-,67-,68-,69-,70-,71-,72-,73-,74-;/m1./s1. The third-order valence-corrected chi connectivity index (χ3v) is 16.8. The molecule has 0 saturated carbocycles. The second-order valence-electron chi connectivity index (χ2n) is 28.3. The van der Waals surface area contributed by atoms with Crippen LogP contribution < -0.4 is 36.6 Å². The first-order valence-electron chi connectivity index (χ1n) is 40.2. The van der Waals surface area contributed by atoms with Crippen LogP contribution in [0.25, 0.3) is 0 Å². The van der Waals surface area contributed by atoms with Crippen molar-refractivity contribution in [2.45, 2.75) is 210 Å². The molecular formula is C78H114GdN9O44. The number of nitrogens with zero attached hydrogens (tertiary/aromatic N) is 5. The number of hydrogen-bond acceptors (Lipinski definition) is 47. The maximum absolute atomic E-state index is 14.8. The molecule has 0 aliphatic carbocycles. The van der Waals surface area contributed by atoms with E-state index in [1.807, 2.05) is 0 Å². The SMILES string of the molecule is CC(=O)OCC[C@@H](OC(C)=O)[C@@H](OC(C)=O)[C@@H](OC(C)=O)C(=O)NCCN(CCNC(=O)[C@H](OC(C)=O)[C@H](OC(C)=O)[C@@H](CCOC(C)=O)OC(C)=O)C(=O)CN(CCN(CCN(CC(=O)[O-])CC(=O)N(CCNC(=O)[C@H](OC(C)=O)[C@H](OC(C)=O)[C@@H](CCOC(C)=O)OC(C)=O)CCNC(=O)[C@H](OC(C)=O)[C@H](OC(C)=O)[C@@H](CCOC(C)=O)OC(C)=O)CC(=O)[O-])CC(=O)[O-].[Gd+3]. The summed E-state index contributed by atoms with van der Waals surface area (Å²) in [6, 6.07) is 0. The normalized spacial score (nSPS) is 13.5. The molecule has 0 saturated heterocycles. The minimum absolute atomic E-state index is 0. The van der Waals surface area contributed by atoms with E-state index in [2.05, 4.69) is 21.3 Å². The zero-order valence-electron chi connectivity index (χ0n) is 75.7. The van der Waals surface area contributed by atoms with Gasteiger partial charge in [0.2, 0.25) is 36.2 Å². The quantitative estimate of drug-likeness (QED) is 0.0324. The van der Waals surface area contributed by atoms with Gasteiger partial charge in [-0.25, -0.2) is 0 Å². The van der Waals surface area contributed by atoms with Crippen LogP contribution in [0.15, 0.2) is 0 Å². The first-order valence-corrected chi connectivity index (χ1v) is 40.2. The smallest absolute Gasteiger partial charge is 0.549 e.